The highest BCUT2D eigenvalue weighted by Crippen LogP contribution is 2.13. The summed E-state index contributed by atoms with van der Waals surface area (Å²) in [6, 6.07) is 2.75. The molecule has 1 aromatic rings. The Bertz CT molecular complexity index is 520. The van der Waals surface area contributed by atoms with Crippen LogP contribution in [0.5, 0.6) is 0 Å². The summed E-state index contributed by atoms with van der Waals surface area (Å²) < 4.78 is 36.8. The maximum atomic E-state index is 11.9. The molecule has 7 nitrogen and oxygen atoms in total. The number of carbonyl (C=O) groups excluding carboxylic acids is 1. The second-order valence-electron chi connectivity index (χ2n) is 3.50. The van der Waals surface area contributed by atoms with Crippen LogP contribution in [0.1, 0.15) is 10.5 Å². The molecule has 0 unspecified atom stereocenters. The number of ether oxygens (including phenoxy) is 2. The van der Waals surface area contributed by atoms with Crippen molar-refractivity contribution in [1.82, 2.24) is 9.29 Å². The lowest BCUT2D eigenvalue weighted by Gasteiger charge is -2.08. The fourth-order valence-corrected chi connectivity index (χ4v) is 2.63. The third-order valence-corrected chi connectivity index (χ3v) is 3.89. The van der Waals surface area contributed by atoms with Crippen molar-refractivity contribution < 1.29 is 22.7 Å². The number of nitrogens with zero attached hydrogens (tertiary/aromatic N) is 1. The van der Waals surface area contributed by atoms with Crippen LogP contribution in [0.4, 0.5) is 0 Å². The van der Waals surface area contributed by atoms with E-state index in [1.807, 2.05) is 0 Å². The maximum absolute atomic E-state index is 11.9. The van der Waals surface area contributed by atoms with E-state index in [0.717, 1.165) is 0 Å². The lowest BCUT2D eigenvalue weighted by atomic mass is 10.4. The predicted molar refractivity (Wildman–Crippen MR) is 63.8 cm³/mol. The fourth-order valence-electron chi connectivity index (χ4n) is 1.42. The third kappa shape index (κ3) is 3.09. The fraction of sp³-hybridized carbons (Fsp3) is 0.500. The minimum Gasteiger partial charge on any atom is -0.464 e. The van der Waals surface area contributed by atoms with E-state index in [9.17, 15) is 13.2 Å². The number of esters is 1. The van der Waals surface area contributed by atoms with Gasteiger partial charge in [0.15, 0.2) is 5.03 Å². The normalized spacial score (nSPS) is 11.5. The van der Waals surface area contributed by atoms with E-state index in [1.54, 1.807) is 0 Å². The van der Waals surface area contributed by atoms with Crippen LogP contribution >= 0.6 is 0 Å². The van der Waals surface area contributed by atoms with Gasteiger partial charge in [-0.1, -0.05) is 0 Å². The standard InChI is InChI=1S/C10H16N2O5S/c1-12-8(10(13)17-3)4-5-9(12)18(14,15)11-6-7-16-2/h4-5,11H,6-7H2,1-3H3. The zero-order valence-corrected chi connectivity index (χ0v) is 11.3. The van der Waals surface area contributed by atoms with Crippen molar-refractivity contribution in [2.75, 3.05) is 27.4 Å². The average Bonchev–Trinajstić information content (AvgIpc) is 2.71. The molecule has 1 heterocycles. The van der Waals surface area contributed by atoms with E-state index in [2.05, 4.69) is 9.46 Å². The number of nitrogens with one attached hydrogen (secondary N) is 1. The van der Waals surface area contributed by atoms with E-state index in [-0.39, 0.29) is 23.9 Å². The van der Waals surface area contributed by atoms with Gasteiger partial charge in [-0.3, -0.25) is 0 Å². The first-order valence-electron chi connectivity index (χ1n) is 5.16. The van der Waals surface area contributed by atoms with Crippen molar-refractivity contribution in [3.63, 3.8) is 0 Å². The first-order chi connectivity index (χ1) is 8.44. The number of hydrogen-bond donors (Lipinski definition) is 1. The quantitative estimate of drug-likeness (QED) is 0.571. The van der Waals surface area contributed by atoms with Crippen molar-refractivity contribution in [1.29, 1.82) is 0 Å². The Morgan fingerprint density at radius 2 is 2.06 bits per heavy atom. The summed E-state index contributed by atoms with van der Waals surface area (Å²) in [6.07, 6.45) is 0. The molecule has 0 atom stereocenters. The Balaban J connectivity index is 2.97. The molecule has 0 aliphatic rings. The largest absolute Gasteiger partial charge is 0.464 e. The summed E-state index contributed by atoms with van der Waals surface area (Å²) in [6.45, 7) is 0.436. The number of hydrogen-bond acceptors (Lipinski definition) is 5. The summed E-state index contributed by atoms with van der Waals surface area (Å²) in [5.41, 5.74) is 0.171. The van der Waals surface area contributed by atoms with Gasteiger partial charge in [-0.2, -0.15) is 0 Å². The van der Waals surface area contributed by atoms with Gasteiger partial charge >= 0.3 is 5.97 Å². The van der Waals surface area contributed by atoms with Gasteiger partial charge in [-0.05, 0) is 12.1 Å². The van der Waals surface area contributed by atoms with Crippen molar-refractivity contribution >= 4 is 16.0 Å². The van der Waals surface area contributed by atoms with Crippen LogP contribution in [0.3, 0.4) is 0 Å². The van der Waals surface area contributed by atoms with E-state index in [0.29, 0.717) is 0 Å². The molecule has 0 saturated heterocycles. The highest BCUT2D eigenvalue weighted by molar-refractivity contribution is 7.89. The smallest absolute Gasteiger partial charge is 0.354 e. The van der Waals surface area contributed by atoms with Gasteiger partial charge in [0.1, 0.15) is 5.69 Å². The van der Waals surface area contributed by atoms with E-state index in [1.165, 1.54) is 38.0 Å². The van der Waals surface area contributed by atoms with Crippen LogP contribution in [0.2, 0.25) is 0 Å². The topological polar surface area (TPSA) is 86.6 Å². The molecule has 0 radical (unpaired) electrons. The predicted octanol–water partition coefficient (Wildman–Crippen LogP) is -0.264. The molecule has 8 heteroatoms. The molecule has 0 bridgehead atoms. The zero-order chi connectivity index (χ0) is 13.8. The second-order valence-corrected chi connectivity index (χ2v) is 5.21. The molecule has 0 aliphatic carbocycles. The second kappa shape index (κ2) is 5.98. The molecule has 0 spiro atoms. The summed E-state index contributed by atoms with van der Waals surface area (Å²) in [5, 5.41) is -0.000923. The van der Waals surface area contributed by atoms with Crippen LogP contribution < -0.4 is 4.72 Å². The number of methoxy groups -OCH3 is 2. The van der Waals surface area contributed by atoms with Crippen molar-refractivity contribution in [3.05, 3.63) is 17.8 Å². The Morgan fingerprint density at radius 3 is 2.61 bits per heavy atom. The minimum atomic E-state index is -3.66. The lowest BCUT2D eigenvalue weighted by molar-refractivity contribution is 0.0589. The molecular weight excluding hydrogens is 260 g/mol. The molecule has 1 N–H and O–H groups in total. The van der Waals surface area contributed by atoms with Gasteiger partial charge in [0.2, 0.25) is 0 Å². The van der Waals surface area contributed by atoms with Gasteiger partial charge in [-0.25, -0.2) is 17.9 Å². The first-order valence-corrected chi connectivity index (χ1v) is 6.65. The Kier molecular flexibility index (Phi) is 4.88. The zero-order valence-electron chi connectivity index (χ0n) is 10.5. The molecule has 1 aromatic heterocycles. The molecule has 1 rings (SSSR count). The van der Waals surface area contributed by atoms with E-state index >= 15 is 0 Å². The highest BCUT2D eigenvalue weighted by atomic mass is 32.2. The summed E-state index contributed by atoms with van der Waals surface area (Å²) in [4.78, 5) is 11.4. The molecule has 18 heavy (non-hydrogen) atoms. The van der Waals surface area contributed by atoms with Crippen LogP contribution in [-0.4, -0.2) is 46.3 Å². The monoisotopic (exact) mass is 276 g/mol. The Hall–Kier alpha value is -1.38. The average molecular weight is 276 g/mol. The number of carbonyl (C=O) groups is 1. The molecule has 0 saturated carbocycles. The lowest BCUT2D eigenvalue weighted by Crippen LogP contribution is -2.29. The highest BCUT2D eigenvalue weighted by Gasteiger charge is 2.21. The van der Waals surface area contributed by atoms with Gasteiger partial charge in [0.05, 0.1) is 13.7 Å². The number of sulfonamides is 1. The van der Waals surface area contributed by atoms with E-state index in [4.69, 9.17) is 4.74 Å². The van der Waals surface area contributed by atoms with Crippen molar-refractivity contribution in [3.8, 4) is 0 Å². The van der Waals surface area contributed by atoms with Crippen molar-refractivity contribution in [2.45, 2.75) is 5.03 Å². The number of rotatable bonds is 6. The molecule has 0 aliphatic heterocycles. The van der Waals surface area contributed by atoms with Crippen LogP contribution in [-0.2, 0) is 26.5 Å². The third-order valence-electron chi connectivity index (χ3n) is 2.34. The first kappa shape index (κ1) is 14.7. The SMILES string of the molecule is COCCNS(=O)(=O)c1ccc(C(=O)OC)n1C. The summed E-state index contributed by atoms with van der Waals surface area (Å²) >= 11 is 0. The molecule has 102 valence electrons. The summed E-state index contributed by atoms with van der Waals surface area (Å²) in [7, 11) is 0.539. The number of aromatic nitrogens is 1. The van der Waals surface area contributed by atoms with Gasteiger partial charge in [-0.15, -0.1) is 0 Å². The molecule has 0 amide bonds. The van der Waals surface area contributed by atoms with Gasteiger partial charge < -0.3 is 14.0 Å². The Labute approximate surface area is 106 Å². The Morgan fingerprint density at radius 1 is 1.39 bits per heavy atom. The van der Waals surface area contributed by atoms with E-state index < -0.39 is 16.0 Å². The van der Waals surface area contributed by atoms with Crippen molar-refractivity contribution in [2.24, 2.45) is 7.05 Å². The van der Waals surface area contributed by atoms with Crippen LogP contribution in [0.25, 0.3) is 0 Å². The molecule has 0 fully saturated rings. The minimum absolute atomic E-state index is 0.000923. The molecule has 0 aromatic carbocycles. The summed E-state index contributed by atoms with van der Waals surface area (Å²) in [5.74, 6) is -0.587. The molecular formula is C10H16N2O5S. The van der Waals surface area contributed by atoms with Gasteiger partial charge in [0, 0.05) is 20.7 Å². The van der Waals surface area contributed by atoms with Crippen LogP contribution in [0.15, 0.2) is 17.2 Å². The maximum Gasteiger partial charge on any atom is 0.354 e. The van der Waals surface area contributed by atoms with Gasteiger partial charge in [0.25, 0.3) is 10.0 Å². The van der Waals surface area contributed by atoms with Crippen LogP contribution in [0, 0.1) is 0 Å².